The highest BCUT2D eigenvalue weighted by molar-refractivity contribution is 6.22. The van der Waals surface area contributed by atoms with Crippen LogP contribution in [0.2, 0.25) is 0 Å². The molecule has 0 aromatic carbocycles. The quantitative estimate of drug-likeness (QED) is 0.656. The van der Waals surface area contributed by atoms with E-state index in [1.54, 1.807) is 17.5 Å². The molecule has 3 rings (SSSR count). The molecule has 0 bridgehead atoms. The Bertz CT molecular complexity index is 944. The van der Waals surface area contributed by atoms with Gasteiger partial charge in [-0.05, 0) is 30.7 Å². The molecule has 2 N–H and O–H groups in total. The first-order valence-electron chi connectivity index (χ1n) is 8.44. The molecule has 1 aliphatic carbocycles. The highest BCUT2D eigenvalue weighted by Crippen LogP contribution is 2.32. The molecule has 2 heterocycles. The second-order valence-corrected chi connectivity index (χ2v) is 7.33. The molecule has 0 radical (unpaired) electrons. The number of likely N-dealkylation sites (N-methyl/N-ethyl adjacent to an activating group) is 1. The van der Waals surface area contributed by atoms with Crippen LogP contribution >= 0.6 is 0 Å². The molecule has 26 heavy (non-hydrogen) atoms. The fourth-order valence-electron chi connectivity index (χ4n) is 2.49. The molecular formula is C19H24N5O2+. The van der Waals surface area contributed by atoms with Crippen molar-refractivity contribution < 1.29 is 14.0 Å². The van der Waals surface area contributed by atoms with Gasteiger partial charge < -0.3 is 15.0 Å². The minimum atomic E-state index is -0.0965. The average Bonchev–Trinajstić information content (AvgIpc) is 2.89. The average molecular weight is 354 g/mol. The molecule has 0 amide bonds. The van der Waals surface area contributed by atoms with Gasteiger partial charge in [0.15, 0.2) is 11.5 Å². The normalized spacial score (nSPS) is 16.8. The summed E-state index contributed by atoms with van der Waals surface area (Å²) in [5, 5.41) is 4.49. The van der Waals surface area contributed by atoms with Crippen molar-refractivity contribution >= 4 is 22.7 Å². The number of ether oxygens (including phenoxy) is 1. The van der Waals surface area contributed by atoms with Gasteiger partial charge in [-0.3, -0.25) is 4.79 Å². The predicted octanol–water partition coefficient (Wildman–Crippen LogP) is 1.86. The second-order valence-electron chi connectivity index (χ2n) is 7.33. The fourth-order valence-corrected chi connectivity index (χ4v) is 2.49. The summed E-state index contributed by atoms with van der Waals surface area (Å²) >= 11 is 0. The summed E-state index contributed by atoms with van der Waals surface area (Å²) in [5.74, 6) is 0.355. The van der Waals surface area contributed by atoms with E-state index in [0.29, 0.717) is 35.2 Å². The number of carbonyl (C=O) groups excluding carboxylic acids is 1. The maximum absolute atomic E-state index is 11.7. The SMILES string of the molecule is CC1=CC(=Nc2c(OCC[N+](C)(C)C)nn3ccccc23)C(N)=CC1=O. The van der Waals surface area contributed by atoms with Crippen LogP contribution in [0.5, 0.6) is 5.88 Å². The Labute approximate surface area is 152 Å². The third kappa shape index (κ3) is 3.83. The van der Waals surface area contributed by atoms with E-state index in [-0.39, 0.29) is 5.78 Å². The zero-order chi connectivity index (χ0) is 18.9. The molecule has 0 fully saturated rings. The number of aromatic nitrogens is 2. The van der Waals surface area contributed by atoms with Crippen molar-refractivity contribution in [1.29, 1.82) is 0 Å². The van der Waals surface area contributed by atoms with Crippen LogP contribution < -0.4 is 10.5 Å². The number of pyridine rings is 1. The van der Waals surface area contributed by atoms with Gasteiger partial charge in [0.05, 0.1) is 38.1 Å². The number of allylic oxidation sites excluding steroid dienone is 3. The summed E-state index contributed by atoms with van der Waals surface area (Å²) in [7, 11) is 6.31. The molecule has 7 heteroatoms. The topological polar surface area (TPSA) is 82.0 Å². The summed E-state index contributed by atoms with van der Waals surface area (Å²) in [6.45, 7) is 3.10. The van der Waals surface area contributed by atoms with E-state index in [2.05, 4.69) is 31.2 Å². The number of nitrogens with two attached hydrogens (primary N) is 1. The van der Waals surface area contributed by atoms with Gasteiger partial charge in [0.2, 0.25) is 0 Å². The van der Waals surface area contributed by atoms with E-state index in [1.165, 1.54) is 6.08 Å². The molecule has 0 aliphatic heterocycles. The lowest BCUT2D eigenvalue weighted by Gasteiger charge is -2.23. The Morgan fingerprint density at radius 1 is 1.27 bits per heavy atom. The fraction of sp³-hybridized carbons (Fsp3) is 0.316. The number of nitrogens with zero attached hydrogens (tertiary/aromatic N) is 4. The minimum absolute atomic E-state index is 0.0965. The highest BCUT2D eigenvalue weighted by atomic mass is 16.5. The van der Waals surface area contributed by atoms with Gasteiger partial charge in [0.1, 0.15) is 13.2 Å². The number of hydrogen-bond donors (Lipinski definition) is 1. The number of aliphatic imine (C=N–C) groups is 1. The van der Waals surface area contributed by atoms with Gasteiger partial charge in [0, 0.05) is 12.3 Å². The Hall–Kier alpha value is -2.93. The van der Waals surface area contributed by atoms with Crippen LogP contribution in [-0.4, -0.2) is 59.9 Å². The summed E-state index contributed by atoms with van der Waals surface area (Å²) < 4.78 is 8.44. The smallest absolute Gasteiger partial charge is 0.260 e. The lowest BCUT2D eigenvalue weighted by molar-refractivity contribution is -0.870. The van der Waals surface area contributed by atoms with Crippen LogP contribution in [0.15, 0.2) is 52.8 Å². The lowest BCUT2D eigenvalue weighted by Crippen LogP contribution is -2.38. The van der Waals surface area contributed by atoms with E-state index in [4.69, 9.17) is 10.5 Å². The number of rotatable bonds is 5. The van der Waals surface area contributed by atoms with E-state index < -0.39 is 0 Å². The summed E-state index contributed by atoms with van der Waals surface area (Å²) in [4.78, 5) is 16.4. The number of fused-ring (bicyclic) bond motifs is 1. The van der Waals surface area contributed by atoms with Crippen LogP contribution in [0.1, 0.15) is 6.92 Å². The van der Waals surface area contributed by atoms with E-state index >= 15 is 0 Å². The number of quaternary nitrogens is 1. The molecule has 136 valence electrons. The van der Waals surface area contributed by atoms with Crippen molar-refractivity contribution in [2.45, 2.75) is 6.92 Å². The Morgan fingerprint density at radius 3 is 2.77 bits per heavy atom. The summed E-state index contributed by atoms with van der Waals surface area (Å²) in [6.07, 6.45) is 4.94. The van der Waals surface area contributed by atoms with Crippen molar-refractivity contribution in [3.8, 4) is 5.88 Å². The molecule has 0 atom stereocenters. The molecule has 0 saturated heterocycles. The summed E-state index contributed by atoms with van der Waals surface area (Å²) in [5.41, 5.74) is 8.90. The molecular weight excluding hydrogens is 330 g/mol. The van der Waals surface area contributed by atoms with Gasteiger partial charge >= 0.3 is 0 Å². The molecule has 0 unspecified atom stereocenters. The summed E-state index contributed by atoms with van der Waals surface area (Å²) in [6, 6.07) is 5.73. The Balaban J connectivity index is 2.01. The van der Waals surface area contributed by atoms with Crippen LogP contribution in [0, 0.1) is 0 Å². The minimum Gasteiger partial charge on any atom is -0.469 e. The first-order chi connectivity index (χ1) is 12.2. The molecule has 0 spiro atoms. The van der Waals surface area contributed by atoms with Gasteiger partial charge in [-0.25, -0.2) is 9.51 Å². The molecule has 2 aromatic heterocycles. The third-order valence-corrected chi connectivity index (χ3v) is 4.04. The van der Waals surface area contributed by atoms with Crippen molar-refractivity contribution in [2.75, 3.05) is 34.3 Å². The maximum atomic E-state index is 11.7. The molecule has 1 aliphatic rings. The third-order valence-electron chi connectivity index (χ3n) is 4.04. The van der Waals surface area contributed by atoms with E-state index in [1.807, 2.05) is 24.4 Å². The van der Waals surface area contributed by atoms with Gasteiger partial charge in [0.25, 0.3) is 5.88 Å². The van der Waals surface area contributed by atoms with Crippen molar-refractivity contribution in [3.05, 3.63) is 47.8 Å². The Morgan fingerprint density at radius 2 is 2.04 bits per heavy atom. The van der Waals surface area contributed by atoms with Crippen molar-refractivity contribution in [2.24, 2.45) is 10.7 Å². The zero-order valence-corrected chi connectivity index (χ0v) is 15.6. The van der Waals surface area contributed by atoms with Gasteiger partial charge in [-0.1, -0.05) is 6.07 Å². The number of carbonyl (C=O) groups is 1. The largest absolute Gasteiger partial charge is 0.469 e. The number of hydrogen-bond acceptors (Lipinski definition) is 5. The Kier molecular flexibility index (Phi) is 4.65. The van der Waals surface area contributed by atoms with Gasteiger partial charge in [-0.15, -0.1) is 5.10 Å². The van der Waals surface area contributed by atoms with Crippen LogP contribution in [0.4, 0.5) is 5.69 Å². The molecule has 7 nitrogen and oxygen atoms in total. The predicted molar refractivity (Wildman–Crippen MR) is 102 cm³/mol. The lowest BCUT2D eigenvalue weighted by atomic mass is 10.0. The van der Waals surface area contributed by atoms with Crippen LogP contribution in [0.3, 0.4) is 0 Å². The first-order valence-corrected chi connectivity index (χ1v) is 8.44. The van der Waals surface area contributed by atoms with Crippen molar-refractivity contribution in [1.82, 2.24) is 9.61 Å². The first kappa shape index (κ1) is 17.9. The zero-order valence-electron chi connectivity index (χ0n) is 15.6. The maximum Gasteiger partial charge on any atom is 0.260 e. The molecule has 2 aromatic rings. The highest BCUT2D eigenvalue weighted by Gasteiger charge is 2.19. The molecule has 0 saturated carbocycles. The number of ketones is 1. The van der Waals surface area contributed by atoms with Gasteiger partial charge in [-0.2, -0.15) is 0 Å². The van der Waals surface area contributed by atoms with E-state index in [0.717, 1.165) is 16.5 Å². The van der Waals surface area contributed by atoms with E-state index in [9.17, 15) is 4.79 Å². The van der Waals surface area contributed by atoms with Crippen LogP contribution in [-0.2, 0) is 4.79 Å². The standard InChI is InChI=1S/C19H23N5O2/c1-13-11-15(14(20)12-17(13)25)21-18-16-7-5-6-8-23(16)22-19(18)26-10-9-24(2,3)4/h5-8,11-12H,9-10H2,1-4H3,(H-,20,25)/p+1. The van der Waals surface area contributed by atoms with Crippen molar-refractivity contribution in [3.63, 3.8) is 0 Å². The second kappa shape index (κ2) is 6.76. The van der Waals surface area contributed by atoms with Crippen LogP contribution in [0.25, 0.3) is 5.52 Å². The monoisotopic (exact) mass is 354 g/mol.